The molecule has 0 aliphatic heterocycles. The van der Waals surface area contributed by atoms with E-state index >= 15 is 0 Å². The highest BCUT2D eigenvalue weighted by atomic mass is 35.5. The Bertz CT molecular complexity index is 520. The Morgan fingerprint density at radius 1 is 1.18 bits per heavy atom. The molecule has 1 aromatic heterocycles. The Labute approximate surface area is 108 Å². The second kappa shape index (κ2) is 5.50. The Hall–Kier alpha value is -1.08. The van der Waals surface area contributed by atoms with Crippen LogP contribution in [0.5, 0.6) is 0 Å². The molecule has 0 saturated carbocycles. The number of halogens is 1. The molecule has 0 fully saturated rings. The average molecular weight is 248 g/mol. The third-order valence-corrected chi connectivity index (χ3v) is 3.37. The van der Waals surface area contributed by atoms with Crippen molar-refractivity contribution in [1.82, 2.24) is 4.98 Å². The van der Waals surface area contributed by atoms with Crippen LogP contribution in [-0.4, -0.2) is 4.98 Å². The summed E-state index contributed by atoms with van der Waals surface area (Å²) in [4.78, 5) is 4.59. The molecular weight excluding hydrogens is 230 g/mol. The van der Waals surface area contributed by atoms with E-state index in [-0.39, 0.29) is 0 Å². The summed E-state index contributed by atoms with van der Waals surface area (Å²) in [6.45, 7) is 4.31. The topological polar surface area (TPSA) is 12.9 Å². The molecule has 2 rings (SSSR count). The molecule has 0 spiro atoms. The summed E-state index contributed by atoms with van der Waals surface area (Å²) >= 11 is 6.31. The van der Waals surface area contributed by atoms with Gasteiger partial charge in [-0.2, -0.15) is 0 Å². The zero-order valence-corrected chi connectivity index (χ0v) is 11.2. The van der Waals surface area contributed by atoms with Crippen LogP contribution in [0.4, 0.5) is 0 Å². The molecule has 0 saturated heterocycles. The first kappa shape index (κ1) is 12.4. The van der Waals surface area contributed by atoms with Crippen LogP contribution in [0.3, 0.4) is 0 Å². The van der Waals surface area contributed by atoms with Gasteiger partial charge < -0.3 is 0 Å². The average Bonchev–Trinajstić information content (AvgIpc) is 2.36. The minimum absolute atomic E-state index is 0.824. The van der Waals surface area contributed by atoms with Crippen LogP contribution < -0.4 is 0 Å². The number of rotatable bonds is 4. The molecule has 1 nitrogen and oxygen atoms in total. The number of hydrogen-bond acceptors (Lipinski definition) is 1. The second-order valence-corrected chi connectivity index (χ2v) is 4.81. The lowest BCUT2D eigenvalue weighted by molar-refractivity contribution is 0.796. The standard InChI is InChI=1S/C15H18ClN/c1-3-5-6-11-7-8-15-13(9-11)14(16)10-12(4-2)17-15/h7-10H,3-6H2,1-2H3. The highest BCUT2D eigenvalue weighted by molar-refractivity contribution is 6.35. The van der Waals surface area contributed by atoms with Gasteiger partial charge in [0.2, 0.25) is 0 Å². The van der Waals surface area contributed by atoms with E-state index < -0.39 is 0 Å². The van der Waals surface area contributed by atoms with Gasteiger partial charge in [0.1, 0.15) is 0 Å². The number of benzene rings is 1. The number of aromatic nitrogens is 1. The molecule has 0 bridgehead atoms. The van der Waals surface area contributed by atoms with Crippen LogP contribution in [0.15, 0.2) is 24.3 Å². The quantitative estimate of drug-likeness (QED) is 0.757. The van der Waals surface area contributed by atoms with E-state index in [1.54, 1.807) is 0 Å². The number of aryl methyl sites for hydroxylation is 2. The van der Waals surface area contributed by atoms with Crippen molar-refractivity contribution < 1.29 is 0 Å². The molecular formula is C15H18ClN. The molecule has 17 heavy (non-hydrogen) atoms. The molecule has 0 radical (unpaired) electrons. The fraction of sp³-hybridized carbons (Fsp3) is 0.400. The Kier molecular flexibility index (Phi) is 4.01. The van der Waals surface area contributed by atoms with Gasteiger partial charge in [0.15, 0.2) is 0 Å². The first-order chi connectivity index (χ1) is 8.24. The van der Waals surface area contributed by atoms with Crippen LogP contribution in [0.2, 0.25) is 5.02 Å². The van der Waals surface area contributed by atoms with Gasteiger partial charge in [-0.25, -0.2) is 0 Å². The van der Waals surface area contributed by atoms with Crippen molar-refractivity contribution in [2.75, 3.05) is 0 Å². The molecule has 0 aliphatic carbocycles. The van der Waals surface area contributed by atoms with E-state index in [9.17, 15) is 0 Å². The summed E-state index contributed by atoms with van der Waals surface area (Å²) in [5, 5.41) is 1.91. The van der Waals surface area contributed by atoms with Crippen molar-refractivity contribution in [1.29, 1.82) is 0 Å². The summed E-state index contributed by atoms with van der Waals surface area (Å²) in [6.07, 6.45) is 4.49. The zero-order valence-electron chi connectivity index (χ0n) is 10.5. The summed E-state index contributed by atoms with van der Waals surface area (Å²) in [6, 6.07) is 8.42. The SMILES string of the molecule is CCCCc1ccc2nc(CC)cc(Cl)c2c1. The maximum Gasteiger partial charge on any atom is 0.0720 e. The second-order valence-electron chi connectivity index (χ2n) is 4.40. The minimum atomic E-state index is 0.824. The molecule has 2 aromatic rings. The van der Waals surface area contributed by atoms with Crippen molar-refractivity contribution in [2.24, 2.45) is 0 Å². The number of pyridine rings is 1. The predicted octanol–water partition coefficient (Wildman–Crippen LogP) is 4.79. The van der Waals surface area contributed by atoms with Crippen molar-refractivity contribution in [3.63, 3.8) is 0 Å². The van der Waals surface area contributed by atoms with E-state index in [1.807, 2.05) is 6.07 Å². The molecule has 0 aliphatic rings. The molecule has 0 atom stereocenters. The monoisotopic (exact) mass is 247 g/mol. The van der Waals surface area contributed by atoms with Gasteiger partial charge in [-0.15, -0.1) is 0 Å². The number of unbranched alkanes of at least 4 members (excludes halogenated alkanes) is 1. The molecule has 90 valence electrons. The molecule has 0 amide bonds. The van der Waals surface area contributed by atoms with E-state index in [0.717, 1.165) is 34.5 Å². The molecule has 1 heterocycles. The predicted molar refractivity (Wildman–Crippen MR) is 74.7 cm³/mol. The molecule has 0 N–H and O–H groups in total. The van der Waals surface area contributed by atoms with Gasteiger partial charge >= 0.3 is 0 Å². The highest BCUT2D eigenvalue weighted by Gasteiger charge is 2.04. The largest absolute Gasteiger partial charge is 0.253 e. The summed E-state index contributed by atoms with van der Waals surface area (Å²) in [7, 11) is 0. The highest BCUT2D eigenvalue weighted by Crippen LogP contribution is 2.25. The minimum Gasteiger partial charge on any atom is -0.253 e. The lowest BCUT2D eigenvalue weighted by Gasteiger charge is -2.06. The lowest BCUT2D eigenvalue weighted by Crippen LogP contribution is -1.91. The van der Waals surface area contributed by atoms with Gasteiger partial charge in [0.25, 0.3) is 0 Å². The summed E-state index contributed by atoms with van der Waals surface area (Å²) in [5.74, 6) is 0. The van der Waals surface area contributed by atoms with E-state index in [4.69, 9.17) is 11.6 Å². The van der Waals surface area contributed by atoms with E-state index in [2.05, 4.69) is 37.0 Å². The fourth-order valence-corrected chi connectivity index (χ4v) is 2.28. The first-order valence-electron chi connectivity index (χ1n) is 6.32. The van der Waals surface area contributed by atoms with Crippen LogP contribution in [-0.2, 0) is 12.8 Å². The van der Waals surface area contributed by atoms with Gasteiger partial charge in [-0.05, 0) is 43.0 Å². The van der Waals surface area contributed by atoms with Crippen molar-refractivity contribution >= 4 is 22.5 Å². The van der Waals surface area contributed by atoms with Gasteiger partial charge in [-0.1, -0.05) is 37.9 Å². The molecule has 2 heteroatoms. The normalized spacial score (nSPS) is 11.0. The van der Waals surface area contributed by atoms with Crippen LogP contribution in [0.1, 0.15) is 37.9 Å². The van der Waals surface area contributed by atoms with E-state index in [1.165, 1.54) is 18.4 Å². The van der Waals surface area contributed by atoms with Crippen molar-refractivity contribution in [3.8, 4) is 0 Å². The molecule has 0 unspecified atom stereocenters. The third kappa shape index (κ3) is 2.78. The van der Waals surface area contributed by atoms with Gasteiger partial charge in [0, 0.05) is 11.1 Å². The number of nitrogens with zero attached hydrogens (tertiary/aromatic N) is 1. The van der Waals surface area contributed by atoms with Crippen LogP contribution in [0.25, 0.3) is 10.9 Å². The smallest absolute Gasteiger partial charge is 0.0720 e. The number of fused-ring (bicyclic) bond motifs is 1. The van der Waals surface area contributed by atoms with Gasteiger partial charge in [-0.3, -0.25) is 4.98 Å². The first-order valence-corrected chi connectivity index (χ1v) is 6.70. The Balaban J connectivity index is 2.43. The van der Waals surface area contributed by atoms with Gasteiger partial charge in [0.05, 0.1) is 10.5 Å². The zero-order chi connectivity index (χ0) is 12.3. The van der Waals surface area contributed by atoms with E-state index in [0.29, 0.717) is 0 Å². The number of hydrogen-bond donors (Lipinski definition) is 0. The Morgan fingerprint density at radius 3 is 2.71 bits per heavy atom. The van der Waals surface area contributed by atoms with Crippen molar-refractivity contribution in [3.05, 3.63) is 40.5 Å². The Morgan fingerprint density at radius 2 is 2.00 bits per heavy atom. The summed E-state index contributed by atoms with van der Waals surface area (Å²) in [5.41, 5.74) is 3.42. The lowest BCUT2D eigenvalue weighted by atomic mass is 10.1. The summed E-state index contributed by atoms with van der Waals surface area (Å²) < 4.78 is 0. The fourth-order valence-electron chi connectivity index (χ4n) is 2.00. The third-order valence-electron chi connectivity index (χ3n) is 3.06. The molecule has 1 aromatic carbocycles. The van der Waals surface area contributed by atoms with Crippen LogP contribution >= 0.6 is 11.6 Å². The maximum absolute atomic E-state index is 6.31. The van der Waals surface area contributed by atoms with Crippen LogP contribution in [0, 0.1) is 0 Å². The maximum atomic E-state index is 6.31. The van der Waals surface area contributed by atoms with Crippen molar-refractivity contribution in [2.45, 2.75) is 39.5 Å².